The molecule has 10 nitrogen and oxygen atoms in total. The van der Waals surface area contributed by atoms with E-state index in [-0.39, 0.29) is 23.5 Å². The van der Waals surface area contributed by atoms with Crippen LogP contribution in [0.4, 0.5) is 11.6 Å². The number of nitrogens with one attached hydrogen (secondary N) is 3. The Morgan fingerprint density at radius 1 is 1.37 bits per heavy atom. The second kappa shape index (κ2) is 7.77. The number of non-ortho nitro benzene ring substituents is 1. The first kappa shape index (κ1) is 18.2. The standard InChI is InChI=1S/C17H18N6O4/c1-10(2)15(24)21-17-20-14-13(18-9-19-14)16(22-17)27-8-7-11-3-5-12(6-4-11)23(25)26/h3-6,9-10H,7-8H2,1-2H3,(H2,18,19,20,21,22,24)/p+1. The number of ether oxygens (including phenoxy) is 1. The molecule has 0 aliphatic heterocycles. The second-order valence-electron chi connectivity index (χ2n) is 6.18. The molecule has 0 saturated carbocycles. The van der Waals surface area contributed by atoms with Gasteiger partial charge in [-0.3, -0.25) is 14.9 Å². The van der Waals surface area contributed by atoms with Gasteiger partial charge in [-0.05, 0) is 10.5 Å². The van der Waals surface area contributed by atoms with Gasteiger partial charge < -0.3 is 9.72 Å². The lowest BCUT2D eigenvalue weighted by Gasteiger charge is -2.06. The van der Waals surface area contributed by atoms with Crippen molar-refractivity contribution in [2.75, 3.05) is 11.9 Å². The monoisotopic (exact) mass is 371 g/mol. The maximum absolute atomic E-state index is 11.9. The molecule has 1 aromatic carbocycles. The highest BCUT2D eigenvalue weighted by Gasteiger charge is 2.20. The van der Waals surface area contributed by atoms with Gasteiger partial charge in [0.1, 0.15) is 0 Å². The van der Waals surface area contributed by atoms with Crippen LogP contribution in [0.15, 0.2) is 30.6 Å². The molecule has 1 amide bonds. The van der Waals surface area contributed by atoms with Gasteiger partial charge in [-0.2, -0.15) is 0 Å². The van der Waals surface area contributed by atoms with Crippen LogP contribution in [0.3, 0.4) is 0 Å². The number of anilines is 1. The highest BCUT2D eigenvalue weighted by Crippen LogP contribution is 2.18. The molecular formula is C17H19N6O4+. The molecule has 0 bridgehead atoms. The summed E-state index contributed by atoms with van der Waals surface area (Å²) in [5, 5.41) is 13.4. The Bertz CT molecular complexity index is 967. The normalized spacial score (nSPS) is 10.9. The lowest BCUT2D eigenvalue weighted by atomic mass is 10.1. The van der Waals surface area contributed by atoms with Crippen molar-refractivity contribution in [2.45, 2.75) is 20.3 Å². The summed E-state index contributed by atoms with van der Waals surface area (Å²) in [6.07, 6.45) is 2.04. The Hall–Kier alpha value is -3.56. The van der Waals surface area contributed by atoms with Gasteiger partial charge in [0.05, 0.1) is 17.9 Å². The van der Waals surface area contributed by atoms with Gasteiger partial charge in [0, 0.05) is 24.5 Å². The van der Waals surface area contributed by atoms with E-state index < -0.39 is 4.92 Å². The third-order valence-electron chi connectivity index (χ3n) is 3.85. The minimum absolute atomic E-state index is 0.0480. The molecule has 27 heavy (non-hydrogen) atoms. The molecule has 3 rings (SSSR count). The number of carbonyl (C=O) groups excluding carboxylic acids is 1. The molecule has 2 aromatic heterocycles. The number of carbonyl (C=O) groups is 1. The van der Waals surface area contributed by atoms with Crippen molar-refractivity contribution >= 4 is 28.7 Å². The molecule has 3 aromatic rings. The minimum atomic E-state index is -0.436. The number of benzene rings is 1. The maximum Gasteiger partial charge on any atom is 0.401 e. The fourth-order valence-electron chi connectivity index (χ4n) is 2.33. The summed E-state index contributed by atoms with van der Waals surface area (Å²) >= 11 is 0. The Morgan fingerprint density at radius 3 is 2.78 bits per heavy atom. The fourth-order valence-corrected chi connectivity index (χ4v) is 2.33. The molecule has 0 fully saturated rings. The van der Waals surface area contributed by atoms with Crippen LogP contribution in [0.2, 0.25) is 0 Å². The number of nitro groups is 1. The third kappa shape index (κ3) is 4.35. The van der Waals surface area contributed by atoms with E-state index in [0.29, 0.717) is 30.1 Å². The third-order valence-corrected chi connectivity index (χ3v) is 3.85. The number of fused-ring (bicyclic) bond motifs is 1. The summed E-state index contributed by atoms with van der Waals surface area (Å²) in [5.74, 6) is 0.282. The van der Waals surface area contributed by atoms with Crippen molar-refractivity contribution in [3.8, 4) is 5.88 Å². The average Bonchev–Trinajstić information content (AvgIpc) is 3.10. The van der Waals surface area contributed by atoms with Crippen LogP contribution in [0.1, 0.15) is 19.4 Å². The van der Waals surface area contributed by atoms with Crippen LogP contribution >= 0.6 is 0 Å². The van der Waals surface area contributed by atoms with E-state index in [1.54, 1.807) is 26.0 Å². The number of aromatic amines is 2. The molecule has 2 heterocycles. The van der Waals surface area contributed by atoms with Crippen molar-refractivity contribution in [3.05, 3.63) is 46.3 Å². The van der Waals surface area contributed by atoms with Gasteiger partial charge in [0.25, 0.3) is 23.1 Å². The van der Waals surface area contributed by atoms with Crippen LogP contribution < -0.4 is 15.0 Å². The predicted molar refractivity (Wildman–Crippen MR) is 96.2 cm³/mol. The first-order valence-electron chi connectivity index (χ1n) is 8.37. The van der Waals surface area contributed by atoms with Crippen molar-refractivity contribution in [1.29, 1.82) is 0 Å². The van der Waals surface area contributed by atoms with Crippen molar-refractivity contribution < 1.29 is 19.4 Å². The second-order valence-corrected chi connectivity index (χ2v) is 6.18. The zero-order valence-electron chi connectivity index (χ0n) is 14.9. The van der Waals surface area contributed by atoms with Crippen LogP contribution in [0, 0.1) is 16.0 Å². The topological polar surface area (TPSA) is 137 Å². The number of hydrogen-bond acceptors (Lipinski definition) is 6. The number of rotatable bonds is 7. The van der Waals surface area contributed by atoms with Gasteiger partial charge in [0.15, 0.2) is 5.52 Å². The van der Waals surface area contributed by atoms with Gasteiger partial charge >= 0.3 is 5.95 Å². The summed E-state index contributed by atoms with van der Waals surface area (Å²) in [7, 11) is 0. The summed E-state index contributed by atoms with van der Waals surface area (Å²) in [6, 6.07) is 6.30. The summed E-state index contributed by atoms with van der Waals surface area (Å²) in [4.78, 5) is 36.4. The minimum Gasteiger partial charge on any atom is -0.466 e. The first-order valence-corrected chi connectivity index (χ1v) is 8.37. The van der Waals surface area contributed by atoms with Crippen LogP contribution in [-0.2, 0) is 11.2 Å². The van der Waals surface area contributed by atoms with E-state index in [4.69, 9.17) is 4.74 Å². The van der Waals surface area contributed by atoms with Crippen LogP contribution in [0.5, 0.6) is 5.88 Å². The highest BCUT2D eigenvalue weighted by molar-refractivity contribution is 5.90. The Balaban J connectivity index is 1.71. The molecule has 0 spiro atoms. The first-order chi connectivity index (χ1) is 12.9. The number of nitrogens with zero attached hydrogens (tertiary/aromatic N) is 3. The summed E-state index contributed by atoms with van der Waals surface area (Å²) < 4.78 is 5.79. The number of aromatic nitrogens is 4. The van der Waals surface area contributed by atoms with E-state index in [0.717, 1.165) is 5.56 Å². The van der Waals surface area contributed by atoms with Crippen LogP contribution in [0.25, 0.3) is 11.2 Å². The molecular weight excluding hydrogens is 352 g/mol. The van der Waals surface area contributed by atoms with Crippen molar-refractivity contribution in [3.63, 3.8) is 0 Å². The molecule has 0 saturated heterocycles. The number of H-pyrrole nitrogens is 2. The SMILES string of the molecule is CC(C)C(=O)Nc1nc2nc[nH]c2c(OCCc2ccc([N+](=O)[O-])cc2)[nH+]1. The number of nitro benzene ring substituents is 1. The number of amides is 1. The van der Waals surface area contributed by atoms with Gasteiger partial charge in [0.2, 0.25) is 0 Å². The molecule has 0 aliphatic carbocycles. The largest absolute Gasteiger partial charge is 0.466 e. The summed E-state index contributed by atoms with van der Waals surface area (Å²) in [6.45, 7) is 3.89. The maximum atomic E-state index is 11.9. The fraction of sp³-hybridized carbons (Fsp3) is 0.294. The van der Waals surface area contributed by atoms with Gasteiger partial charge in [-0.25, -0.2) is 15.3 Å². The van der Waals surface area contributed by atoms with E-state index in [1.807, 2.05) is 0 Å². The Labute approximate surface area is 154 Å². The zero-order chi connectivity index (χ0) is 19.4. The van der Waals surface area contributed by atoms with E-state index in [9.17, 15) is 14.9 Å². The van der Waals surface area contributed by atoms with Crippen molar-refractivity contribution in [1.82, 2.24) is 15.0 Å². The molecule has 3 N–H and O–H groups in total. The lowest BCUT2D eigenvalue weighted by molar-refractivity contribution is -0.384. The molecule has 10 heteroatoms. The highest BCUT2D eigenvalue weighted by atomic mass is 16.6. The molecule has 0 radical (unpaired) electrons. The number of imidazole rings is 1. The molecule has 0 unspecified atom stereocenters. The van der Waals surface area contributed by atoms with Crippen molar-refractivity contribution in [2.24, 2.45) is 5.92 Å². The smallest absolute Gasteiger partial charge is 0.401 e. The van der Waals surface area contributed by atoms with Crippen LogP contribution in [-0.4, -0.2) is 32.4 Å². The molecule has 0 aliphatic rings. The van der Waals surface area contributed by atoms with Gasteiger partial charge in [-0.1, -0.05) is 26.0 Å². The predicted octanol–water partition coefficient (Wildman–Crippen LogP) is 1.90. The molecule has 0 atom stereocenters. The average molecular weight is 371 g/mol. The lowest BCUT2D eigenvalue weighted by Crippen LogP contribution is -2.26. The van der Waals surface area contributed by atoms with Gasteiger partial charge in [-0.15, -0.1) is 0 Å². The van der Waals surface area contributed by atoms with E-state index in [1.165, 1.54) is 18.5 Å². The molecule has 140 valence electrons. The Kier molecular flexibility index (Phi) is 5.25. The van der Waals surface area contributed by atoms with E-state index in [2.05, 4.69) is 25.3 Å². The Morgan fingerprint density at radius 2 is 2.11 bits per heavy atom. The quantitative estimate of drug-likeness (QED) is 0.480. The zero-order valence-corrected chi connectivity index (χ0v) is 14.9. The number of hydrogen-bond donors (Lipinski definition) is 2. The summed E-state index contributed by atoms with van der Waals surface area (Å²) in [5.41, 5.74) is 1.95. The van der Waals surface area contributed by atoms with E-state index >= 15 is 0 Å².